The molecule has 0 N–H and O–H groups in total. The first-order chi connectivity index (χ1) is 12.5. The standard InChI is InChI=1S/C20H26O5Si2/c1-26(2,3)24-18-14-10-8-12-16(18)19(21)23-17-13-9-7-11-15(17)20(22)25-27(4,5)6/h7-14H,1-6H3. The molecule has 0 heterocycles. The van der Waals surface area contributed by atoms with Crippen LogP contribution in [0.25, 0.3) is 0 Å². The topological polar surface area (TPSA) is 61.8 Å². The van der Waals surface area contributed by atoms with Crippen LogP contribution in [0.1, 0.15) is 20.7 Å². The maximum Gasteiger partial charge on any atom is 0.347 e. The van der Waals surface area contributed by atoms with Crippen LogP contribution in [0.15, 0.2) is 48.5 Å². The fourth-order valence-electron chi connectivity index (χ4n) is 2.27. The average Bonchev–Trinajstić information content (AvgIpc) is 2.52. The molecule has 0 atom stereocenters. The minimum absolute atomic E-state index is 0.175. The molecular weight excluding hydrogens is 376 g/mol. The van der Waals surface area contributed by atoms with Crippen LogP contribution in [0.4, 0.5) is 0 Å². The minimum Gasteiger partial charge on any atom is -0.544 e. The highest BCUT2D eigenvalue weighted by Gasteiger charge is 2.25. The molecule has 2 aromatic rings. The summed E-state index contributed by atoms with van der Waals surface area (Å²) >= 11 is 0. The van der Waals surface area contributed by atoms with Gasteiger partial charge in [-0.25, -0.2) is 9.59 Å². The van der Waals surface area contributed by atoms with Crippen molar-refractivity contribution in [3.8, 4) is 11.5 Å². The molecule has 0 radical (unpaired) electrons. The molecule has 0 aliphatic heterocycles. The number of rotatable bonds is 6. The summed E-state index contributed by atoms with van der Waals surface area (Å²) in [7, 11) is -3.97. The highest BCUT2D eigenvalue weighted by molar-refractivity contribution is 6.71. The minimum atomic E-state index is -2.07. The Bertz CT molecular complexity index is 835. The van der Waals surface area contributed by atoms with Gasteiger partial charge in [0.1, 0.15) is 22.6 Å². The van der Waals surface area contributed by atoms with E-state index in [1.54, 1.807) is 42.5 Å². The Kier molecular flexibility index (Phi) is 6.28. The van der Waals surface area contributed by atoms with E-state index in [-0.39, 0.29) is 11.3 Å². The first-order valence-corrected chi connectivity index (χ1v) is 15.6. The molecule has 0 aromatic heterocycles. The number of para-hydroxylation sites is 2. The Balaban J connectivity index is 2.29. The Morgan fingerprint density at radius 2 is 1.15 bits per heavy atom. The van der Waals surface area contributed by atoms with Gasteiger partial charge in [-0.05, 0) is 63.5 Å². The number of ether oxygens (including phenoxy) is 1. The van der Waals surface area contributed by atoms with Gasteiger partial charge in [-0.1, -0.05) is 24.3 Å². The lowest BCUT2D eigenvalue weighted by Gasteiger charge is -2.21. The van der Waals surface area contributed by atoms with Crippen molar-refractivity contribution >= 4 is 28.6 Å². The summed E-state index contributed by atoms with van der Waals surface area (Å²) in [6.07, 6.45) is 0. The first kappa shape index (κ1) is 20.9. The third-order valence-electron chi connectivity index (χ3n) is 3.23. The zero-order valence-corrected chi connectivity index (χ0v) is 18.7. The fourth-order valence-corrected chi connectivity index (χ4v) is 3.77. The van der Waals surface area contributed by atoms with Crippen LogP contribution >= 0.6 is 0 Å². The van der Waals surface area contributed by atoms with Gasteiger partial charge in [0.05, 0.1) is 0 Å². The number of hydrogen-bond acceptors (Lipinski definition) is 5. The largest absolute Gasteiger partial charge is 0.544 e. The van der Waals surface area contributed by atoms with E-state index in [1.807, 2.05) is 45.3 Å². The third kappa shape index (κ3) is 6.37. The maximum absolute atomic E-state index is 12.8. The fraction of sp³-hybridized carbons (Fsp3) is 0.300. The van der Waals surface area contributed by atoms with Crippen molar-refractivity contribution in [1.82, 2.24) is 0 Å². The molecule has 27 heavy (non-hydrogen) atoms. The van der Waals surface area contributed by atoms with Gasteiger partial charge in [0, 0.05) is 0 Å². The molecule has 0 spiro atoms. The van der Waals surface area contributed by atoms with E-state index in [1.165, 1.54) is 0 Å². The smallest absolute Gasteiger partial charge is 0.347 e. The van der Waals surface area contributed by atoms with Crippen LogP contribution in [0.3, 0.4) is 0 Å². The molecule has 7 heteroatoms. The van der Waals surface area contributed by atoms with Crippen LogP contribution < -0.4 is 9.16 Å². The zero-order valence-electron chi connectivity index (χ0n) is 16.7. The van der Waals surface area contributed by atoms with Crippen LogP contribution in [-0.2, 0) is 4.43 Å². The molecule has 0 aliphatic rings. The molecular formula is C20H26O5Si2. The summed E-state index contributed by atoms with van der Waals surface area (Å²) < 4.78 is 17.1. The molecule has 0 amide bonds. The predicted octanol–water partition coefficient (Wildman–Crippen LogP) is 5.11. The number of esters is 1. The predicted molar refractivity (Wildman–Crippen MR) is 111 cm³/mol. The quantitative estimate of drug-likeness (QED) is 0.382. The van der Waals surface area contributed by atoms with Crippen LogP contribution in [-0.4, -0.2) is 28.6 Å². The van der Waals surface area contributed by atoms with Crippen molar-refractivity contribution in [3.63, 3.8) is 0 Å². The van der Waals surface area contributed by atoms with E-state index in [9.17, 15) is 9.59 Å². The van der Waals surface area contributed by atoms with Crippen molar-refractivity contribution in [3.05, 3.63) is 59.7 Å². The van der Waals surface area contributed by atoms with E-state index in [4.69, 9.17) is 13.6 Å². The Morgan fingerprint density at radius 1 is 0.667 bits per heavy atom. The Labute approximate surface area is 162 Å². The summed E-state index contributed by atoms with van der Waals surface area (Å²) in [4.78, 5) is 25.2. The Morgan fingerprint density at radius 3 is 1.67 bits per heavy atom. The van der Waals surface area contributed by atoms with Gasteiger partial charge >= 0.3 is 11.9 Å². The van der Waals surface area contributed by atoms with Crippen LogP contribution in [0.5, 0.6) is 11.5 Å². The summed E-state index contributed by atoms with van der Waals surface area (Å²) in [6.45, 7) is 11.9. The molecule has 5 nitrogen and oxygen atoms in total. The van der Waals surface area contributed by atoms with Gasteiger partial charge in [-0.15, -0.1) is 0 Å². The van der Waals surface area contributed by atoms with E-state index < -0.39 is 28.6 Å². The lowest BCUT2D eigenvalue weighted by molar-refractivity contribution is 0.0701. The summed E-state index contributed by atoms with van der Waals surface area (Å²) in [5.74, 6) is -0.390. The highest BCUT2D eigenvalue weighted by atomic mass is 28.4. The van der Waals surface area contributed by atoms with Gasteiger partial charge in [-0.3, -0.25) is 0 Å². The number of hydrogen-bond donors (Lipinski definition) is 0. The van der Waals surface area contributed by atoms with E-state index >= 15 is 0 Å². The second kappa shape index (κ2) is 8.10. The highest BCUT2D eigenvalue weighted by Crippen LogP contribution is 2.26. The molecule has 0 saturated carbocycles. The molecule has 0 aliphatic carbocycles. The van der Waals surface area contributed by atoms with Gasteiger partial charge in [-0.2, -0.15) is 0 Å². The lowest BCUT2D eigenvalue weighted by atomic mass is 10.2. The normalized spacial score (nSPS) is 11.6. The molecule has 0 saturated heterocycles. The number of benzene rings is 2. The summed E-state index contributed by atoms with van der Waals surface area (Å²) in [6, 6.07) is 13.6. The zero-order chi connectivity index (χ0) is 20.2. The van der Waals surface area contributed by atoms with E-state index in [0.29, 0.717) is 11.3 Å². The summed E-state index contributed by atoms with van der Waals surface area (Å²) in [5, 5.41) is 0. The van der Waals surface area contributed by atoms with Crippen molar-refractivity contribution in [1.29, 1.82) is 0 Å². The number of carbonyl (C=O) groups excluding carboxylic acids is 2. The van der Waals surface area contributed by atoms with Gasteiger partial charge < -0.3 is 13.6 Å². The molecule has 2 rings (SSSR count). The van der Waals surface area contributed by atoms with Crippen LogP contribution in [0, 0.1) is 0 Å². The maximum atomic E-state index is 12.8. The first-order valence-electron chi connectivity index (χ1n) is 8.79. The lowest BCUT2D eigenvalue weighted by Crippen LogP contribution is -2.30. The van der Waals surface area contributed by atoms with Gasteiger partial charge in [0.2, 0.25) is 16.6 Å². The van der Waals surface area contributed by atoms with Crippen molar-refractivity contribution < 1.29 is 23.2 Å². The molecule has 0 fully saturated rings. The molecule has 144 valence electrons. The van der Waals surface area contributed by atoms with E-state index in [0.717, 1.165) is 0 Å². The number of carbonyl (C=O) groups is 2. The summed E-state index contributed by atoms with van der Waals surface area (Å²) in [5.41, 5.74) is 0.560. The second-order valence-electron chi connectivity index (χ2n) is 8.10. The Hall–Kier alpha value is -2.39. The molecule has 2 aromatic carbocycles. The van der Waals surface area contributed by atoms with Crippen molar-refractivity contribution in [2.45, 2.75) is 39.3 Å². The molecule has 0 unspecified atom stereocenters. The van der Waals surface area contributed by atoms with E-state index in [2.05, 4.69) is 0 Å². The van der Waals surface area contributed by atoms with Gasteiger partial charge in [0.25, 0.3) is 0 Å². The second-order valence-corrected chi connectivity index (χ2v) is 17.0. The SMILES string of the molecule is C[Si](C)(C)OC(=O)c1ccccc1OC(=O)c1ccccc1O[Si](C)(C)C. The van der Waals surface area contributed by atoms with Gasteiger partial charge in [0.15, 0.2) is 0 Å². The van der Waals surface area contributed by atoms with Crippen molar-refractivity contribution in [2.24, 2.45) is 0 Å². The third-order valence-corrected chi connectivity index (χ3v) is 4.86. The average molecular weight is 403 g/mol. The van der Waals surface area contributed by atoms with Crippen molar-refractivity contribution in [2.75, 3.05) is 0 Å². The molecule has 0 bridgehead atoms. The monoisotopic (exact) mass is 402 g/mol. The van der Waals surface area contributed by atoms with Crippen LogP contribution in [0.2, 0.25) is 39.3 Å².